The third kappa shape index (κ3) is 15.6. The Morgan fingerprint density at radius 3 is 1.26 bits per heavy atom. The van der Waals surface area contributed by atoms with Crippen LogP contribution >= 0.6 is 34.1 Å². The topological polar surface area (TPSA) is 57.2 Å². The van der Waals surface area contributed by atoms with Gasteiger partial charge in [-0.05, 0) is 0 Å². The number of hydrogen-bond donors (Lipinski definition) is 1. The van der Waals surface area contributed by atoms with Crippen LogP contribution in [0, 0.1) is 0 Å². The van der Waals surface area contributed by atoms with Crippen molar-refractivity contribution in [2.45, 2.75) is 143 Å². The van der Waals surface area contributed by atoms with Gasteiger partial charge in [0.05, 0.1) is 0 Å². The molecule has 0 aromatic rings. The van der Waals surface area contributed by atoms with E-state index in [1.807, 2.05) is 28.4 Å². The van der Waals surface area contributed by atoms with E-state index in [0.717, 1.165) is 26.6 Å². The molecule has 2 unspecified atom stereocenters. The summed E-state index contributed by atoms with van der Waals surface area (Å²) >= 11 is -2.47. The molecule has 0 saturated carbocycles. The average molecular weight is 858 g/mol. The molecule has 0 radical (unpaired) electrons. The van der Waals surface area contributed by atoms with E-state index in [-0.39, 0.29) is 4.78 Å². The van der Waals surface area contributed by atoms with E-state index in [9.17, 15) is 4.80 Å². The number of unbranched alkanes of at least 4 members (excludes halogenated alkanes) is 2. The summed E-state index contributed by atoms with van der Waals surface area (Å²) in [5, 5.41) is 0. The van der Waals surface area contributed by atoms with Crippen LogP contribution in [0.5, 0.6) is 0 Å². The second-order valence-electron chi connectivity index (χ2n) is 14.7. The Morgan fingerprint density at radius 2 is 0.977 bits per heavy atom. The van der Waals surface area contributed by atoms with Crippen LogP contribution in [0.3, 0.4) is 0 Å². The van der Waals surface area contributed by atoms with Crippen LogP contribution in [-0.2, 0) is 17.7 Å². The molecule has 5 nitrogen and oxygen atoms in total. The van der Waals surface area contributed by atoms with Gasteiger partial charge in [-0.25, -0.2) is 0 Å². The van der Waals surface area contributed by atoms with Gasteiger partial charge in [0, 0.05) is 0 Å². The molecule has 0 aromatic carbocycles. The van der Waals surface area contributed by atoms with Crippen molar-refractivity contribution in [3.63, 3.8) is 0 Å². The fourth-order valence-electron chi connectivity index (χ4n) is 4.67. The van der Waals surface area contributed by atoms with Crippen LogP contribution in [0.1, 0.15) is 80.1 Å². The molecule has 43 heavy (non-hydrogen) atoms. The molecule has 0 rings (SSSR count). The van der Waals surface area contributed by atoms with E-state index < -0.39 is 48.5 Å². The van der Waals surface area contributed by atoms with Crippen molar-refractivity contribution in [2.75, 3.05) is 39.9 Å². The number of rotatable bonds is 26. The zero-order valence-electron chi connectivity index (χ0n) is 30.9. The molecular weight excluding hydrogens is 785 g/mol. The minimum absolute atomic E-state index is 0.104. The summed E-state index contributed by atoms with van der Waals surface area (Å²) in [6, 6.07) is 2.14. The minimum atomic E-state index is -2.47. The Hall–Kier alpha value is 3.03. The summed E-state index contributed by atoms with van der Waals surface area (Å²) in [5.74, 6) is 2.49. The van der Waals surface area contributed by atoms with Crippen molar-refractivity contribution in [3.8, 4) is 0 Å². The van der Waals surface area contributed by atoms with E-state index in [2.05, 4.69) is 92.2 Å². The maximum absolute atomic E-state index is 11.0. The van der Waals surface area contributed by atoms with Gasteiger partial charge in [-0.2, -0.15) is 0 Å². The van der Waals surface area contributed by atoms with Gasteiger partial charge in [0.1, 0.15) is 0 Å². The quantitative estimate of drug-likeness (QED) is 0.0528. The summed E-state index contributed by atoms with van der Waals surface area (Å²) in [7, 11) is 5.49. The first-order valence-electron chi connectivity index (χ1n) is 16.5. The van der Waals surface area contributed by atoms with Gasteiger partial charge < -0.3 is 0 Å². The molecule has 0 aliphatic rings. The standard InChI is InChI=1S/C11H29O2PSSi2.C10H27O3PSSi2.2C4H9.Sn/c1-11(2,16(5,6)7)14-17(12-3,13-4)10-8-9-15;1-10(2,16(5,6)11)14-17(12-3,13-4)9-7-8-15;2*1-3-4-2;/h14-15H,8-10H2,1-7H3;11,14-15H,7-9H2,1-6H3;2*1,3-4H2,2H3;/q;;;;+2/p-2. The van der Waals surface area contributed by atoms with E-state index in [1.165, 1.54) is 52.5 Å². The molecule has 0 bridgehead atoms. The Kier molecular flexibility index (Phi) is 22.1. The first-order valence-corrected chi connectivity index (χ1v) is 44.0. The molecule has 0 heterocycles. The van der Waals surface area contributed by atoms with Crippen LogP contribution in [0.2, 0.25) is 53.7 Å². The Bertz CT molecular complexity index is 704. The Balaban J connectivity index is 5.60. The molecule has 0 aliphatic carbocycles. The summed E-state index contributed by atoms with van der Waals surface area (Å²) in [4.78, 5) is 11.0. The van der Waals surface area contributed by atoms with Crippen molar-refractivity contribution in [1.29, 1.82) is 0 Å². The molecule has 2 atom stereocenters. The van der Waals surface area contributed by atoms with E-state index in [4.69, 9.17) is 17.7 Å². The number of hydrogen-bond acceptors (Lipinski definition) is 7. The van der Waals surface area contributed by atoms with E-state index in [1.54, 1.807) is 0 Å². The van der Waals surface area contributed by atoms with Crippen LogP contribution in [0.25, 0.3) is 0 Å². The van der Waals surface area contributed by atoms with Crippen molar-refractivity contribution in [3.05, 3.63) is 0 Å². The summed E-state index contributed by atoms with van der Waals surface area (Å²) in [6.07, 6.45) is 7.71. The molecule has 0 saturated heterocycles. The Morgan fingerprint density at radius 1 is 0.628 bits per heavy atom. The molecule has 1 N–H and O–H groups in total. The molecule has 0 amide bonds. The van der Waals surface area contributed by atoms with Gasteiger partial charge in [0.25, 0.3) is 0 Å². The Labute approximate surface area is 286 Å². The fourth-order valence-corrected chi connectivity index (χ4v) is 62.4. The zero-order valence-corrected chi connectivity index (χ0v) is 41.4. The summed E-state index contributed by atoms with van der Waals surface area (Å²) in [5.41, 5.74) is 0. The van der Waals surface area contributed by atoms with Crippen molar-refractivity contribution >= 4 is 82.6 Å². The first-order chi connectivity index (χ1) is 19.7. The molecule has 0 fully saturated rings. The second-order valence-corrected chi connectivity index (χ2v) is 67.1. The monoisotopic (exact) mass is 858 g/mol. The van der Waals surface area contributed by atoms with E-state index in [0.29, 0.717) is 12.9 Å². The van der Waals surface area contributed by atoms with Crippen molar-refractivity contribution < 1.29 is 22.5 Å². The van der Waals surface area contributed by atoms with Crippen molar-refractivity contribution in [1.82, 2.24) is 0 Å². The third-order valence-electron chi connectivity index (χ3n) is 9.58. The molecular formula is C29H72O5P2S2Si4Sn. The maximum atomic E-state index is 11.0. The summed E-state index contributed by atoms with van der Waals surface area (Å²) in [6.45, 7) is 25.7. The van der Waals surface area contributed by atoms with Gasteiger partial charge in [-0.3, -0.25) is 0 Å². The fraction of sp³-hybridized carbons (Fsp3) is 1.00. The molecule has 0 aromatic heterocycles. The average Bonchev–Trinajstić information content (AvgIpc) is 2.92. The summed E-state index contributed by atoms with van der Waals surface area (Å²) < 4.78 is 28.2. The molecule has 260 valence electrons. The van der Waals surface area contributed by atoms with Crippen molar-refractivity contribution in [2.24, 2.45) is 0 Å². The second kappa shape index (κ2) is 20.6. The predicted octanol–water partition coefficient (Wildman–Crippen LogP) is 10.3. The van der Waals surface area contributed by atoms with Crippen LogP contribution in [0.4, 0.5) is 0 Å². The van der Waals surface area contributed by atoms with Gasteiger partial charge in [0.15, 0.2) is 0 Å². The van der Waals surface area contributed by atoms with Gasteiger partial charge in [-0.15, -0.1) is 0 Å². The first kappa shape index (κ1) is 46.0. The normalized spacial score (nSPS) is 15.1. The van der Waals surface area contributed by atoms with E-state index >= 15 is 0 Å². The van der Waals surface area contributed by atoms with Crippen LogP contribution in [0.15, 0.2) is 0 Å². The van der Waals surface area contributed by atoms with Gasteiger partial charge >= 0.3 is 288 Å². The predicted molar refractivity (Wildman–Crippen MR) is 216 cm³/mol. The van der Waals surface area contributed by atoms with Crippen LogP contribution < -0.4 is 0 Å². The molecule has 14 heteroatoms. The zero-order chi connectivity index (χ0) is 33.6. The third-order valence-corrected chi connectivity index (χ3v) is 70.5. The molecule has 0 spiro atoms. The van der Waals surface area contributed by atoms with Gasteiger partial charge in [0.2, 0.25) is 0 Å². The molecule has 0 aliphatic heterocycles. The van der Waals surface area contributed by atoms with Gasteiger partial charge in [-0.1, -0.05) is 0 Å². The SMILES string of the molecule is CCC[CH2][Sn]([CH2]CCC)([S]CCC[Si](OC)(OC)PC(C)(C)[Si](C)(C)C)[S]CCC[Si](OC)(OC)PC(C)(C)[Si](C)(C)O. The van der Waals surface area contributed by atoms with Crippen LogP contribution in [-0.4, -0.2) is 103 Å².